The fourth-order valence-electron chi connectivity index (χ4n) is 1.42. The number of anilines is 1. The third-order valence-corrected chi connectivity index (χ3v) is 2.43. The summed E-state index contributed by atoms with van der Waals surface area (Å²) in [6, 6.07) is 8.03. The molecule has 1 aromatic carbocycles. The lowest BCUT2D eigenvalue weighted by Gasteiger charge is -2.08. The van der Waals surface area contributed by atoms with E-state index in [1.165, 1.54) is 18.3 Å². The van der Waals surface area contributed by atoms with Crippen molar-refractivity contribution in [3.05, 3.63) is 53.7 Å². The van der Waals surface area contributed by atoms with Gasteiger partial charge in [-0.25, -0.2) is 4.98 Å². The molecule has 0 unspecified atom stereocenters. The minimum absolute atomic E-state index is 0.148. The van der Waals surface area contributed by atoms with Crippen LogP contribution in [0.1, 0.15) is 11.1 Å². The van der Waals surface area contributed by atoms with Crippen molar-refractivity contribution in [2.24, 2.45) is 0 Å². The molecule has 0 saturated carbocycles. The Balaban J connectivity index is 1.98. The minimum Gasteiger partial charge on any atom is -0.473 e. The van der Waals surface area contributed by atoms with Gasteiger partial charge in [0, 0.05) is 6.07 Å². The second kappa shape index (κ2) is 5.17. The first-order chi connectivity index (χ1) is 8.95. The Morgan fingerprint density at radius 3 is 2.26 bits per heavy atom. The fraction of sp³-hybridized carbons (Fsp3) is 0.154. The van der Waals surface area contributed by atoms with Crippen molar-refractivity contribution in [2.45, 2.75) is 12.8 Å². The number of benzene rings is 1. The lowest BCUT2D eigenvalue weighted by Crippen LogP contribution is -2.05. The van der Waals surface area contributed by atoms with Gasteiger partial charge in [0.2, 0.25) is 5.88 Å². The van der Waals surface area contributed by atoms with E-state index >= 15 is 0 Å². The van der Waals surface area contributed by atoms with E-state index in [2.05, 4.69) is 4.98 Å². The lowest BCUT2D eigenvalue weighted by molar-refractivity contribution is -0.137. The molecule has 6 heteroatoms. The molecule has 2 aromatic rings. The zero-order valence-electron chi connectivity index (χ0n) is 9.82. The van der Waals surface area contributed by atoms with E-state index in [1.807, 2.05) is 0 Å². The summed E-state index contributed by atoms with van der Waals surface area (Å²) < 4.78 is 42.4. The van der Waals surface area contributed by atoms with Crippen LogP contribution in [-0.2, 0) is 12.8 Å². The number of nitrogens with zero attached hydrogens (tertiary/aromatic N) is 1. The van der Waals surface area contributed by atoms with Crippen LogP contribution >= 0.6 is 0 Å². The van der Waals surface area contributed by atoms with Crippen molar-refractivity contribution in [3.8, 4) is 5.88 Å². The van der Waals surface area contributed by atoms with Crippen molar-refractivity contribution in [1.29, 1.82) is 0 Å². The summed E-state index contributed by atoms with van der Waals surface area (Å²) in [7, 11) is 0. The molecule has 1 aromatic heterocycles. The Kier molecular flexibility index (Phi) is 3.59. The molecular weight excluding hydrogens is 257 g/mol. The molecule has 0 aliphatic carbocycles. The van der Waals surface area contributed by atoms with E-state index in [-0.39, 0.29) is 6.61 Å². The third-order valence-electron chi connectivity index (χ3n) is 2.43. The molecule has 1 heterocycles. The van der Waals surface area contributed by atoms with Gasteiger partial charge in [-0.1, -0.05) is 12.1 Å². The molecule has 2 N–H and O–H groups in total. The van der Waals surface area contributed by atoms with Gasteiger partial charge in [-0.3, -0.25) is 0 Å². The number of pyridine rings is 1. The van der Waals surface area contributed by atoms with Crippen molar-refractivity contribution in [2.75, 3.05) is 5.73 Å². The highest BCUT2D eigenvalue weighted by Crippen LogP contribution is 2.29. The van der Waals surface area contributed by atoms with Crippen LogP contribution in [-0.4, -0.2) is 4.98 Å². The van der Waals surface area contributed by atoms with E-state index < -0.39 is 11.7 Å². The number of hydrogen-bond donors (Lipinski definition) is 1. The summed E-state index contributed by atoms with van der Waals surface area (Å²) >= 11 is 0. The molecule has 0 atom stereocenters. The summed E-state index contributed by atoms with van der Waals surface area (Å²) in [5, 5.41) is 0. The zero-order valence-corrected chi connectivity index (χ0v) is 9.82. The first-order valence-corrected chi connectivity index (χ1v) is 5.45. The molecule has 100 valence electrons. The maximum absolute atomic E-state index is 12.4. The molecule has 0 aliphatic rings. The quantitative estimate of drug-likeness (QED) is 0.929. The van der Waals surface area contributed by atoms with Crippen LogP contribution in [0.15, 0.2) is 42.6 Å². The van der Waals surface area contributed by atoms with Gasteiger partial charge in [-0.05, 0) is 23.8 Å². The predicted octanol–water partition coefficient (Wildman–Crippen LogP) is 3.26. The van der Waals surface area contributed by atoms with Crippen LogP contribution in [0.3, 0.4) is 0 Å². The Labute approximate surface area is 107 Å². The Bertz CT molecular complexity index is 535. The van der Waals surface area contributed by atoms with E-state index in [0.717, 1.165) is 12.1 Å². The SMILES string of the molecule is Nc1ccc(OCc2ccc(C(F)(F)F)cc2)nc1. The van der Waals surface area contributed by atoms with E-state index in [4.69, 9.17) is 10.5 Å². The van der Waals surface area contributed by atoms with Crippen LogP contribution in [0.4, 0.5) is 18.9 Å². The molecule has 0 aliphatic heterocycles. The van der Waals surface area contributed by atoms with Gasteiger partial charge < -0.3 is 10.5 Å². The molecule has 2 rings (SSSR count). The lowest BCUT2D eigenvalue weighted by atomic mass is 10.1. The standard InChI is InChI=1S/C13H11F3N2O/c14-13(15,16)10-3-1-9(2-4-10)8-19-12-6-5-11(17)7-18-12/h1-7H,8,17H2. The highest BCUT2D eigenvalue weighted by atomic mass is 19.4. The number of alkyl halides is 3. The van der Waals surface area contributed by atoms with Crippen molar-refractivity contribution >= 4 is 5.69 Å². The second-order valence-corrected chi connectivity index (χ2v) is 3.91. The molecular formula is C13H11F3N2O. The highest BCUT2D eigenvalue weighted by molar-refractivity contribution is 5.36. The van der Waals surface area contributed by atoms with Gasteiger partial charge in [0.25, 0.3) is 0 Å². The van der Waals surface area contributed by atoms with Crippen LogP contribution in [0.25, 0.3) is 0 Å². The maximum Gasteiger partial charge on any atom is 0.416 e. The highest BCUT2D eigenvalue weighted by Gasteiger charge is 2.29. The largest absolute Gasteiger partial charge is 0.473 e. The number of ether oxygens (including phenoxy) is 1. The molecule has 0 saturated heterocycles. The topological polar surface area (TPSA) is 48.1 Å². The summed E-state index contributed by atoms with van der Waals surface area (Å²) in [5.41, 5.74) is 5.93. The van der Waals surface area contributed by atoms with Gasteiger partial charge in [-0.15, -0.1) is 0 Å². The third kappa shape index (κ3) is 3.61. The van der Waals surface area contributed by atoms with E-state index in [9.17, 15) is 13.2 Å². The van der Waals surface area contributed by atoms with Crippen molar-refractivity contribution < 1.29 is 17.9 Å². The Hall–Kier alpha value is -2.24. The van der Waals surface area contributed by atoms with Crippen LogP contribution in [0.5, 0.6) is 5.88 Å². The molecule has 0 bridgehead atoms. The summed E-state index contributed by atoms with van der Waals surface area (Å²) in [6.45, 7) is 0.148. The zero-order chi connectivity index (χ0) is 13.9. The Morgan fingerprint density at radius 2 is 1.74 bits per heavy atom. The molecule has 0 amide bonds. The van der Waals surface area contributed by atoms with Crippen LogP contribution in [0.2, 0.25) is 0 Å². The molecule has 0 radical (unpaired) electrons. The van der Waals surface area contributed by atoms with Gasteiger partial charge >= 0.3 is 6.18 Å². The van der Waals surface area contributed by atoms with Gasteiger partial charge in [0.1, 0.15) is 6.61 Å². The molecule has 3 nitrogen and oxygen atoms in total. The summed E-state index contributed by atoms with van der Waals surface area (Å²) in [6.07, 6.45) is -2.88. The van der Waals surface area contributed by atoms with E-state index in [0.29, 0.717) is 17.1 Å². The summed E-state index contributed by atoms with van der Waals surface area (Å²) in [4.78, 5) is 3.92. The molecule has 19 heavy (non-hydrogen) atoms. The van der Waals surface area contributed by atoms with Crippen LogP contribution < -0.4 is 10.5 Å². The number of nitrogens with two attached hydrogens (primary N) is 1. The normalized spacial score (nSPS) is 11.3. The average molecular weight is 268 g/mol. The van der Waals surface area contributed by atoms with Crippen molar-refractivity contribution in [1.82, 2.24) is 4.98 Å². The first-order valence-electron chi connectivity index (χ1n) is 5.45. The smallest absolute Gasteiger partial charge is 0.416 e. The second-order valence-electron chi connectivity index (χ2n) is 3.91. The van der Waals surface area contributed by atoms with Gasteiger partial charge in [-0.2, -0.15) is 13.2 Å². The molecule has 0 fully saturated rings. The fourth-order valence-corrected chi connectivity index (χ4v) is 1.42. The summed E-state index contributed by atoms with van der Waals surface area (Å²) in [5.74, 6) is 0.370. The predicted molar refractivity (Wildman–Crippen MR) is 64.4 cm³/mol. The molecule has 0 spiro atoms. The van der Waals surface area contributed by atoms with Crippen LogP contribution in [0, 0.1) is 0 Å². The Morgan fingerprint density at radius 1 is 1.05 bits per heavy atom. The first kappa shape index (κ1) is 13.2. The number of hydrogen-bond acceptors (Lipinski definition) is 3. The van der Waals surface area contributed by atoms with Crippen molar-refractivity contribution in [3.63, 3.8) is 0 Å². The number of rotatable bonds is 3. The van der Waals surface area contributed by atoms with Gasteiger partial charge in [0.15, 0.2) is 0 Å². The van der Waals surface area contributed by atoms with E-state index in [1.54, 1.807) is 12.1 Å². The average Bonchev–Trinajstić information content (AvgIpc) is 2.37. The minimum atomic E-state index is -4.32. The number of halogens is 3. The van der Waals surface area contributed by atoms with Gasteiger partial charge in [0.05, 0.1) is 17.4 Å². The number of aromatic nitrogens is 1. The number of nitrogen functional groups attached to an aromatic ring is 1. The maximum atomic E-state index is 12.4. The monoisotopic (exact) mass is 268 g/mol.